The van der Waals surface area contributed by atoms with Crippen LogP contribution in [0.15, 0.2) is 42.5 Å². The number of halogens is 2. The van der Waals surface area contributed by atoms with Gasteiger partial charge in [0.25, 0.3) is 0 Å². The predicted molar refractivity (Wildman–Crippen MR) is 85.0 cm³/mol. The molecule has 20 heavy (non-hydrogen) atoms. The lowest BCUT2D eigenvalue weighted by Crippen LogP contribution is -2.04. The van der Waals surface area contributed by atoms with Gasteiger partial charge in [-0.1, -0.05) is 61.3 Å². The molecule has 0 fully saturated rings. The molecule has 3 heteroatoms. The molecule has 104 valence electrons. The van der Waals surface area contributed by atoms with Gasteiger partial charge in [0, 0.05) is 17.0 Å². The lowest BCUT2D eigenvalue weighted by atomic mass is 9.98. The van der Waals surface area contributed by atoms with E-state index in [4.69, 9.17) is 23.2 Å². The zero-order valence-electron chi connectivity index (χ0n) is 11.5. The molecule has 0 saturated carbocycles. The highest BCUT2D eigenvalue weighted by molar-refractivity contribution is 6.36. The van der Waals surface area contributed by atoms with Gasteiger partial charge in [0.05, 0.1) is 5.02 Å². The first-order valence-corrected chi connectivity index (χ1v) is 7.30. The van der Waals surface area contributed by atoms with E-state index >= 15 is 0 Å². The monoisotopic (exact) mass is 306 g/mol. The van der Waals surface area contributed by atoms with E-state index in [1.807, 2.05) is 12.1 Å². The number of carbonyl (C=O) groups excluding carboxylic acids is 1. The highest BCUT2D eigenvalue weighted by atomic mass is 35.5. The van der Waals surface area contributed by atoms with Crippen molar-refractivity contribution in [2.75, 3.05) is 0 Å². The second kappa shape index (κ2) is 6.43. The quantitative estimate of drug-likeness (QED) is 0.678. The van der Waals surface area contributed by atoms with Crippen molar-refractivity contribution in [3.05, 3.63) is 69.2 Å². The van der Waals surface area contributed by atoms with Crippen LogP contribution in [-0.4, -0.2) is 5.78 Å². The Morgan fingerprint density at radius 2 is 1.70 bits per heavy atom. The summed E-state index contributed by atoms with van der Waals surface area (Å²) >= 11 is 11.9. The Hall–Kier alpha value is -1.31. The van der Waals surface area contributed by atoms with Crippen molar-refractivity contribution >= 4 is 29.0 Å². The minimum atomic E-state index is 0.00367. The van der Waals surface area contributed by atoms with E-state index in [0.29, 0.717) is 27.9 Å². The molecular weight excluding hydrogens is 291 g/mol. The van der Waals surface area contributed by atoms with Gasteiger partial charge < -0.3 is 0 Å². The van der Waals surface area contributed by atoms with Gasteiger partial charge in [-0.15, -0.1) is 0 Å². The zero-order chi connectivity index (χ0) is 14.7. The van der Waals surface area contributed by atoms with Gasteiger partial charge in [-0.05, 0) is 35.2 Å². The Kier molecular flexibility index (Phi) is 4.85. The Morgan fingerprint density at radius 3 is 2.25 bits per heavy atom. The van der Waals surface area contributed by atoms with Gasteiger partial charge in [-0.2, -0.15) is 0 Å². The van der Waals surface area contributed by atoms with Crippen molar-refractivity contribution in [1.82, 2.24) is 0 Å². The molecule has 0 amide bonds. The van der Waals surface area contributed by atoms with Gasteiger partial charge in [0.2, 0.25) is 0 Å². The first kappa shape index (κ1) is 15.1. The number of benzene rings is 2. The maximum absolute atomic E-state index is 12.2. The molecule has 2 aromatic carbocycles. The molecule has 1 nitrogen and oxygen atoms in total. The second-order valence-corrected chi connectivity index (χ2v) is 5.96. The molecule has 0 spiro atoms. The van der Waals surface area contributed by atoms with Crippen molar-refractivity contribution < 1.29 is 4.79 Å². The molecule has 0 radical (unpaired) electrons. The van der Waals surface area contributed by atoms with E-state index in [1.165, 1.54) is 5.56 Å². The molecule has 0 N–H and O–H groups in total. The van der Waals surface area contributed by atoms with E-state index in [-0.39, 0.29) is 5.78 Å². The van der Waals surface area contributed by atoms with Crippen LogP contribution in [0.2, 0.25) is 10.0 Å². The maximum Gasteiger partial charge on any atom is 0.168 e. The van der Waals surface area contributed by atoms with Crippen molar-refractivity contribution in [3.8, 4) is 0 Å². The fourth-order valence-electron chi connectivity index (χ4n) is 2.02. The minimum Gasteiger partial charge on any atom is -0.294 e. The Morgan fingerprint density at radius 1 is 1.05 bits per heavy atom. The van der Waals surface area contributed by atoms with Gasteiger partial charge >= 0.3 is 0 Å². The van der Waals surface area contributed by atoms with Crippen LogP contribution < -0.4 is 0 Å². The highest BCUT2D eigenvalue weighted by Crippen LogP contribution is 2.23. The fourth-order valence-corrected chi connectivity index (χ4v) is 2.53. The first-order valence-electron chi connectivity index (χ1n) is 6.54. The molecule has 0 unspecified atom stereocenters. The van der Waals surface area contributed by atoms with E-state index in [2.05, 4.69) is 26.0 Å². The molecular formula is C17H16Cl2O. The molecule has 2 rings (SSSR count). The number of rotatable bonds is 4. The van der Waals surface area contributed by atoms with Gasteiger partial charge in [-0.3, -0.25) is 4.79 Å². The number of ketones is 1. The van der Waals surface area contributed by atoms with Crippen LogP contribution in [0.4, 0.5) is 0 Å². The van der Waals surface area contributed by atoms with Crippen molar-refractivity contribution in [1.29, 1.82) is 0 Å². The average Bonchev–Trinajstić information content (AvgIpc) is 2.39. The van der Waals surface area contributed by atoms with Crippen LogP contribution >= 0.6 is 23.2 Å². The van der Waals surface area contributed by atoms with E-state index in [9.17, 15) is 4.79 Å². The summed E-state index contributed by atoms with van der Waals surface area (Å²) < 4.78 is 0. The SMILES string of the molecule is CC(C)c1ccc(CC(=O)c2ccc(Cl)cc2Cl)cc1. The molecule has 2 aromatic rings. The largest absolute Gasteiger partial charge is 0.294 e. The Balaban J connectivity index is 2.15. The number of hydrogen-bond donors (Lipinski definition) is 0. The van der Waals surface area contributed by atoms with Crippen LogP contribution in [0, 0.1) is 0 Å². The van der Waals surface area contributed by atoms with Crippen molar-refractivity contribution in [2.45, 2.75) is 26.2 Å². The third-order valence-corrected chi connectivity index (χ3v) is 3.79. The average molecular weight is 307 g/mol. The molecule has 0 aliphatic carbocycles. The predicted octanol–water partition coefficient (Wildman–Crippen LogP) is 5.54. The summed E-state index contributed by atoms with van der Waals surface area (Å²) in [6.45, 7) is 4.29. The van der Waals surface area contributed by atoms with Crippen molar-refractivity contribution in [3.63, 3.8) is 0 Å². The van der Waals surface area contributed by atoms with Crippen LogP contribution in [0.5, 0.6) is 0 Å². The standard InChI is InChI=1S/C17H16Cl2O/c1-11(2)13-5-3-12(4-6-13)9-17(20)15-8-7-14(18)10-16(15)19/h3-8,10-11H,9H2,1-2H3. The molecule has 0 bridgehead atoms. The van der Waals surface area contributed by atoms with E-state index < -0.39 is 0 Å². The maximum atomic E-state index is 12.2. The van der Waals surface area contributed by atoms with Crippen molar-refractivity contribution in [2.24, 2.45) is 0 Å². The van der Waals surface area contributed by atoms with Crippen LogP contribution in [0.3, 0.4) is 0 Å². The Bertz CT molecular complexity index is 615. The topological polar surface area (TPSA) is 17.1 Å². The summed E-state index contributed by atoms with van der Waals surface area (Å²) in [5, 5.41) is 0.939. The number of hydrogen-bond acceptors (Lipinski definition) is 1. The molecule has 0 aliphatic heterocycles. The normalized spacial score (nSPS) is 10.8. The number of Topliss-reactive ketones (excluding diaryl/α,β-unsaturated/α-hetero) is 1. The third-order valence-electron chi connectivity index (χ3n) is 3.24. The van der Waals surface area contributed by atoms with Gasteiger partial charge in [0.15, 0.2) is 5.78 Å². The molecule has 0 heterocycles. The summed E-state index contributed by atoms with van der Waals surface area (Å²) in [6.07, 6.45) is 0.347. The Labute approximate surface area is 129 Å². The lowest BCUT2D eigenvalue weighted by Gasteiger charge is -2.07. The summed E-state index contributed by atoms with van der Waals surface area (Å²) in [5.74, 6) is 0.495. The molecule has 0 saturated heterocycles. The van der Waals surface area contributed by atoms with E-state index in [0.717, 1.165) is 5.56 Å². The lowest BCUT2D eigenvalue weighted by molar-refractivity contribution is 0.0993. The molecule has 0 aromatic heterocycles. The van der Waals surface area contributed by atoms with Gasteiger partial charge in [-0.25, -0.2) is 0 Å². The van der Waals surface area contributed by atoms with Crippen LogP contribution in [0.25, 0.3) is 0 Å². The third kappa shape index (κ3) is 3.62. The second-order valence-electron chi connectivity index (χ2n) is 5.12. The first-order chi connectivity index (χ1) is 9.47. The molecule has 0 aliphatic rings. The van der Waals surface area contributed by atoms with Crippen LogP contribution in [0.1, 0.15) is 41.3 Å². The highest BCUT2D eigenvalue weighted by Gasteiger charge is 2.11. The summed E-state index contributed by atoms with van der Waals surface area (Å²) in [6, 6.07) is 13.1. The smallest absolute Gasteiger partial charge is 0.168 e. The fraction of sp³-hybridized carbons (Fsp3) is 0.235. The van der Waals surface area contributed by atoms with Gasteiger partial charge in [0.1, 0.15) is 0 Å². The van der Waals surface area contributed by atoms with E-state index in [1.54, 1.807) is 18.2 Å². The van der Waals surface area contributed by atoms with Crippen LogP contribution in [-0.2, 0) is 6.42 Å². The molecule has 0 atom stereocenters. The zero-order valence-corrected chi connectivity index (χ0v) is 13.0. The minimum absolute atomic E-state index is 0.00367. The summed E-state index contributed by atoms with van der Waals surface area (Å²) in [7, 11) is 0. The summed E-state index contributed by atoms with van der Waals surface area (Å²) in [5.41, 5.74) is 2.78. The summed E-state index contributed by atoms with van der Waals surface area (Å²) in [4.78, 5) is 12.2. The number of carbonyl (C=O) groups is 1.